The Labute approximate surface area is 101 Å². The fourth-order valence-corrected chi connectivity index (χ4v) is 2.58. The third-order valence-corrected chi connectivity index (χ3v) is 3.75. The topological polar surface area (TPSA) is 3.24 Å². The molecule has 0 aromatic heterocycles. The first-order valence-electron chi connectivity index (χ1n) is 6.73. The van der Waals surface area contributed by atoms with Gasteiger partial charge in [-0.05, 0) is 32.9 Å². The molecule has 1 rings (SSSR count). The van der Waals surface area contributed by atoms with E-state index in [1.54, 1.807) is 0 Å². The van der Waals surface area contributed by atoms with Gasteiger partial charge in [0.2, 0.25) is 0 Å². The van der Waals surface area contributed by atoms with Crippen LogP contribution in [0.25, 0.3) is 0 Å². The van der Waals surface area contributed by atoms with E-state index in [0.717, 1.165) is 0 Å². The predicted octanol–water partition coefficient (Wildman–Crippen LogP) is 4.09. The lowest BCUT2D eigenvalue weighted by Crippen LogP contribution is -2.31. The van der Waals surface area contributed by atoms with Crippen LogP contribution >= 0.6 is 12.6 Å². The van der Waals surface area contributed by atoms with Crippen molar-refractivity contribution >= 4 is 12.6 Å². The number of hydrogen-bond donors (Lipinski definition) is 1. The van der Waals surface area contributed by atoms with Gasteiger partial charge in [-0.3, -0.25) is 4.90 Å². The lowest BCUT2D eigenvalue weighted by Gasteiger charge is -2.26. The van der Waals surface area contributed by atoms with Crippen LogP contribution in [0.2, 0.25) is 0 Å². The Hall–Kier alpha value is 0.310. The molecule has 2 heteroatoms. The number of rotatable bonds is 1. The molecule has 0 spiro atoms. The van der Waals surface area contributed by atoms with Gasteiger partial charge >= 0.3 is 0 Å². The second-order valence-electron chi connectivity index (χ2n) is 4.85. The molecule has 0 aliphatic carbocycles. The number of nitrogens with zero attached hydrogens (tertiary/aromatic N) is 1. The fourth-order valence-electron chi connectivity index (χ4n) is 2.35. The molecule has 1 fully saturated rings. The van der Waals surface area contributed by atoms with Crippen molar-refractivity contribution in [3.05, 3.63) is 0 Å². The van der Waals surface area contributed by atoms with Crippen LogP contribution < -0.4 is 0 Å². The summed E-state index contributed by atoms with van der Waals surface area (Å²) in [4.78, 5) is 2.53. The average molecular weight is 229 g/mol. The Bertz CT molecular complexity index is 135. The normalized spacial score (nSPS) is 25.2. The van der Waals surface area contributed by atoms with E-state index in [9.17, 15) is 0 Å². The van der Waals surface area contributed by atoms with E-state index in [1.165, 1.54) is 70.9 Å². The summed E-state index contributed by atoms with van der Waals surface area (Å²) in [5, 5.41) is 0.438. The molecule has 1 atom stereocenters. The van der Waals surface area contributed by atoms with Crippen molar-refractivity contribution < 1.29 is 0 Å². The van der Waals surface area contributed by atoms with E-state index in [4.69, 9.17) is 0 Å². The van der Waals surface area contributed by atoms with E-state index in [0.29, 0.717) is 5.37 Å². The quantitative estimate of drug-likeness (QED) is 0.663. The zero-order valence-corrected chi connectivity index (χ0v) is 11.1. The third kappa shape index (κ3) is 6.47. The summed E-state index contributed by atoms with van der Waals surface area (Å²) in [6.07, 6.45) is 12.8. The van der Waals surface area contributed by atoms with Gasteiger partial charge in [-0.25, -0.2) is 0 Å². The monoisotopic (exact) mass is 229 g/mol. The molecular weight excluding hydrogens is 202 g/mol. The summed E-state index contributed by atoms with van der Waals surface area (Å²) in [5.41, 5.74) is 0. The lowest BCUT2D eigenvalue weighted by molar-refractivity contribution is 0.253. The first kappa shape index (κ1) is 13.4. The first-order valence-corrected chi connectivity index (χ1v) is 7.24. The highest BCUT2D eigenvalue weighted by molar-refractivity contribution is 7.80. The molecule has 0 amide bonds. The predicted molar refractivity (Wildman–Crippen MR) is 71.6 cm³/mol. The minimum Gasteiger partial charge on any atom is -0.292 e. The van der Waals surface area contributed by atoms with Gasteiger partial charge in [-0.2, -0.15) is 12.6 Å². The molecule has 0 aromatic rings. The Kier molecular flexibility index (Phi) is 7.54. The van der Waals surface area contributed by atoms with Crippen molar-refractivity contribution in [3.8, 4) is 0 Å². The molecule has 90 valence electrons. The van der Waals surface area contributed by atoms with Gasteiger partial charge in [-0.15, -0.1) is 0 Å². The summed E-state index contributed by atoms with van der Waals surface area (Å²) >= 11 is 4.56. The second-order valence-corrected chi connectivity index (χ2v) is 5.60. The van der Waals surface area contributed by atoms with E-state index in [-0.39, 0.29) is 0 Å². The molecule has 1 nitrogen and oxygen atoms in total. The first-order chi connectivity index (χ1) is 7.30. The van der Waals surface area contributed by atoms with Crippen molar-refractivity contribution in [1.82, 2.24) is 4.90 Å². The van der Waals surface area contributed by atoms with Crippen LogP contribution in [-0.2, 0) is 0 Å². The Morgan fingerprint density at radius 2 is 1.07 bits per heavy atom. The van der Waals surface area contributed by atoms with Gasteiger partial charge in [0.15, 0.2) is 0 Å². The third-order valence-electron chi connectivity index (χ3n) is 3.42. The maximum absolute atomic E-state index is 4.56. The molecule has 0 saturated carbocycles. The highest BCUT2D eigenvalue weighted by atomic mass is 32.1. The lowest BCUT2D eigenvalue weighted by atomic mass is 10.1. The smallest absolute Gasteiger partial charge is 0.0499 e. The zero-order chi connectivity index (χ0) is 10.9. The summed E-state index contributed by atoms with van der Waals surface area (Å²) < 4.78 is 0. The van der Waals surface area contributed by atoms with Gasteiger partial charge in [0.1, 0.15) is 0 Å². The highest BCUT2D eigenvalue weighted by Gasteiger charge is 2.09. The minimum atomic E-state index is 0.438. The molecule has 1 unspecified atom stereocenters. The molecule has 0 bridgehead atoms. The Balaban J connectivity index is 2.25. The van der Waals surface area contributed by atoms with Crippen LogP contribution in [-0.4, -0.2) is 23.4 Å². The average Bonchev–Trinajstić information content (AvgIpc) is 2.18. The summed E-state index contributed by atoms with van der Waals surface area (Å²) in [6.45, 7) is 4.71. The molecule has 1 saturated heterocycles. The SMILES string of the molecule is CC(S)N1CCCCCCCCCCC1. The molecule has 0 N–H and O–H groups in total. The molecule has 0 aromatic carbocycles. The maximum Gasteiger partial charge on any atom is 0.0499 e. The molecule has 0 radical (unpaired) electrons. The van der Waals surface area contributed by atoms with E-state index in [1.807, 2.05) is 0 Å². The fraction of sp³-hybridized carbons (Fsp3) is 1.00. The minimum absolute atomic E-state index is 0.438. The number of thiol groups is 1. The van der Waals surface area contributed by atoms with Crippen molar-refractivity contribution in [2.75, 3.05) is 13.1 Å². The standard InChI is InChI=1S/C13H27NS/c1-13(15)14-11-9-7-5-3-2-4-6-8-10-12-14/h13,15H,2-12H2,1H3. The highest BCUT2D eigenvalue weighted by Crippen LogP contribution is 2.14. The summed E-state index contributed by atoms with van der Waals surface area (Å²) in [7, 11) is 0. The Morgan fingerprint density at radius 3 is 1.40 bits per heavy atom. The van der Waals surface area contributed by atoms with Crippen molar-refractivity contribution in [2.45, 2.75) is 70.1 Å². The second kappa shape index (κ2) is 8.46. The van der Waals surface area contributed by atoms with E-state index in [2.05, 4.69) is 24.5 Å². The van der Waals surface area contributed by atoms with E-state index < -0.39 is 0 Å². The largest absolute Gasteiger partial charge is 0.292 e. The number of hydrogen-bond acceptors (Lipinski definition) is 2. The van der Waals surface area contributed by atoms with Gasteiger partial charge in [0.05, 0.1) is 0 Å². The van der Waals surface area contributed by atoms with Gasteiger partial charge < -0.3 is 0 Å². The molecule has 1 heterocycles. The van der Waals surface area contributed by atoms with Crippen molar-refractivity contribution in [3.63, 3.8) is 0 Å². The molecule has 1 aliphatic rings. The zero-order valence-electron chi connectivity index (χ0n) is 10.2. The van der Waals surface area contributed by atoms with Crippen LogP contribution in [0.4, 0.5) is 0 Å². The van der Waals surface area contributed by atoms with Crippen LogP contribution in [0.3, 0.4) is 0 Å². The van der Waals surface area contributed by atoms with Crippen LogP contribution in [0.5, 0.6) is 0 Å². The van der Waals surface area contributed by atoms with Crippen molar-refractivity contribution in [1.29, 1.82) is 0 Å². The van der Waals surface area contributed by atoms with Gasteiger partial charge in [-0.1, -0.05) is 44.9 Å². The maximum atomic E-state index is 4.56. The van der Waals surface area contributed by atoms with Gasteiger partial charge in [0, 0.05) is 5.37 Å². The summed E-state index contributed by atoms with van der Waals surface area (Å²) in [5.74, 6) is 0. The molecular formula is C13H27NS. The molecule has 15 heavy (non-hydrogen) atoms. The van der Waals surface area contributed by atoms with Crippen LogP contribution in [0.15, 0.2) is 0 Å². The van der Waals surface area contributed by atoms with Crippen LogP contribution in [0.1, 0.15) is 64.7 Å². The van der Waals surface area contributed by atoms with Crippen molar-refractivity contribution in [2.24, 2.45) is 0 Å². The van der Waals surface area contributed by atoms with Gasteiger partial charge in [0.25, 0.3) is 0 Å². The Morgan fingerprint density at radius 1 is 0.733 bits per heavy atom. The van der Waals surface area contributed by atoms with Crippen LogP contribution in [0, 0.1) is 0 Å². The molecule has 1 aliphatic heterocycles. The summed E-state index contributed by atoms with van der Waals surface area (Å²) in [6, 6.07) is 0. The van der Waals surface area contributed by atoms with E-state index >= 15 is 0 Å².